The Hall–Kier alpha value is -1.53. The molecule has 32 heavy (non-hydrogen) atoms. The molecule has 0 aromatic carbocycles. The normalized spacial score (nSPS) is 32.8. The predicted octanol–water partition coefficient (Wildman–Crippen LogP) is 5.72. The summed E-state index contributed by atoms with van der Waals surface area (Å²) in [4.78, 5) is 30.4. The van der Waals surface area contributed by atoms with Gasteiger partial charge < -0.3 is 10.1 Å². The topological polar surface area (TPSA) is 78.2 Å². The van der Waals surface area contributed by atoms with Crippen LogP contribution in [0.2, 0.25) is 0 Å². The Balaban J connectivity index is 1.75. The van der Waals surface area contributed by atoms with E-state index in [0.29, 0.717) is 24.4 Å². The van der Waals surface area contributed by atoms with Gasteiger partial charge in [-0.2, -0.15) is 0 Å². The van der Waals surface area contributed by atoms with Crippen LogP contribution in [0.5, 0.6) is 0 Å². The van der Waals surface area contributed by atoms with E-state index in [9.17, 15) is 9.59 Å². The number of nitrogens with one attached hydrogen (secondary N) is 1. The molecule has 2 aliphatic rings. The number of carbonyl (C=O) groups is 2. The molecule has 0 bridgehead atoms. The fourth-order valence-electron chi connectivity index (χ4n) is 5.00. The molecule has 0 amide bonds. The molecule has 2 aliphatic heterocycles. The maximum Gasteiger partial charge on any atom is 0.306 e. The summed E-state index contributed by atoms with van der Waals surface area (Å²) < 4.78 is 5.98. The molecule has 178 valence electrons. The van der Waals surface area contributed by atoms with E-state index in [2.05, 4.69) is 17.2 Å². The second-order valence-electron chi connectivity index (χ2n) is 10.7. The largest absolute Gasteiger partial charge is 0.458 e. The number of cyclic esters (lactones) is 1. The Bertz CT molecular complexity index is 844. The van der Waals surface area contributed by atoms with Gasteiger partial charge in [0.05, 0.1) is 10.7 Å². The summed E-state index contributed by atoms with van der Waals surface area (Å²) in [5.41, 5.74) is 1.43. The van der Waals surface area contributed by atoms with Gasteiger partial charge in [-0.05, 0) is 50.7 Å². The first-order valence-corrected chi connectivity index (χ1v) is 13.0. The number of hydrogen-bond donors (Lipinski definition) is 1. The number of rotatable bonds is 2. The monoisotopic (exact) mass is 460 g/mol. The molecule has 2 saturated heterocycles. The summed E-state index contributed by atoms with van der Waals surface area (Å²) in [5, 5.41) is 6.65. The van der Waals surface area contributed by atoms with E-state index in [0.717, 1.165) is 48.4 Å². The third-order valence-corrected chi connectivity index (χ3v) is 7.90. The lowest BCUT2D eigenvalue weighted by Crippen LogP contribution is -2.32. The molecule has 0 aliphatic carbocycles. The van der Waals surface area contributed by atoms with E-state index in [1.165, 1.54) is 0 Å². The predicted molar refractivity (Wildman–Crippen MR) is 131 cm³/mol. The highest BCUT2D eigenvalue weighted by atomic mass is 32.1. The summed E-state index contributed by atoms with van der Waals surface area (Å²) >= 11 is 1.62. The van der Waals surface area contributed by atoms with E-state index >= 15 is 0 Å². The highest BCUT2D eigenvalue weighted by Crippen LogP contribution is 2.33. The van der Waals surface area contributed by atoms with Crippen molar-refractivity contribution in [1.29, 1.82) is 0 Å². The summed E-state index contributed by atoms with van der Waals surface area (Å²) in [7, 11) is 0. The van der Waals surface area contributed by atoms with Gasteiger partial charge in [-0.15, -0.1) is 11.3 Å². The van der Waals surface area contributed by atoms with Crippen molar-refractivity contribution in [2.45, 2.75) is 105 Å². The zero-order chi connectivity index (χ0) is 23.5. The molecule has 1 aromatic heterocycles. The Kier molecular flexibility index (Phi) is 8.31. The summed E-state index contributed by atoms with van der Waals surface area (Å²) in [6, 6.07) is 0.900. The maximum absolute atomic E-state index is 13.1. The zero-order valence-corrected chi connectivity index (χ0v) is 21.4. The van der Waals surface area contributed by atoms with Crippen LogP contribution in [0.4, 0.5) is 0 Å². The van der Waals surface area contributed by atoms with Crippen molar-refractivity contribution >= 4 is 29.2 Å². The number of thiazole rings is 1. The SMILES string of the molecule is C/C(=C\c1csc(C)n1)C1CC2NC2CCCC(C)CC(C)C(=O)C(C)(C)CCC(=O)O1. The first kappa shape index (κ1) is 25.1. The lowest BCUT2D eigenvalue weighted by atomic mass is 9.75. The molecule has 5 atom stereocenters. The Labute approximate surface area is 197 Å². The molecule has 3 rings (SSSR count). The van der Waals surface area contributed by atoms with Gasteiger partial charge in [0, 0.05) is 41.6 Å². The molecular weight excluding hydrogens is 420 g/mol. The highest BCUT2D eigenvalue weighted by molar-refractivity contribution is 7.09. The molecule has 3 heterocycles. The van der Waals surface area contributed by atoms with Gasteiger partial charge in [-0.1, -0.05) is 40.5 Å². The molecule has 5 unspecified atom stereocenters. The Morgan fingerprint density at radius 3 is 2.66 bits per heavy atom. The highest BCUT2D eigenvalue weighted by Gasteiger charge is 2.39. The Morgan fingerprint density at radius 1 is 1.22 bits per heavy atom. The van der Waals surface area contributed by atoms with Crippen molar-refractivity contribution in [2.75, 3.05) is 0 Å². The van der Waals surface area contributed by atoms with Crippen LogP contribution < -0.4 is 5.32 Å². The molecule has 1 aromatic rings. The van der Waals surface area contributed by atoms with E-state index in [1.54, 1.807) is 11.3 Å². The minimum Gasteiger partial charge on any atom is -0.458 e. The number of aromatic nitrogens is 1. The maximum atomic E-state index is 13.1. The van der Waals surface area contributed by atoms with Crippen LogP contribution >= 0.6 is 11.3 Å². The van der Waals surface area contributed by atoms with E-state index in [-0.39, 0.29) is 30.2 Å². The first-order chi connectivity index (χ1) is 15.0. The summed E-state index contributed by atoms with van der Waals surface area (Å²) in [6.45, 7) is 12.3. The van der Waals surface area contributed by atoms with Gasteiger partial charge in [0.1, 0.15) is 11.9 Å². The lowest BCUT2D eigenvalue weighted by molar-refractivity contribution is -0.148. The summed E-state index contributed by atoms with van der Waals surface area (Å²) in [6.07, 6.45) is 7.73. The van der Waals surface area contributed by atoms with Crippen molar-refractivity contribution < 1.29 is 14.3 Å². The minimum atomic E-state index is -0.517. The molecule has 5 nitrogen and oxygen atoms in total. The van der Waals surface area contributed by atoms with E-state index in [1.807, 2.05) is 46.1 Å². The van der Waals surface area contributed by atoms with E-state index in [4.69, 9.17) is 4.74 Å². The molecular formula is C26H40N2O3S. The summed E-state index contributed by atoms with van der Waals surface area (Å²) in [5.74, 6) is 0.609. The number of carbonyl (C=O) groups excluding carboxylic acids is 2. The van der Waals surface area contributed by atoms with Gasteiger partial charge in [0.15, 0.2) is 0 Å². The van der Waals surface area contributed by atoms with Crippen LogP contribution in [-0.2, 0) is 14.3 Å². The standard InChI is InChI=1S/C26H40N2O3S/c1-16-8-7-9-21-22(28-21)14-23(17(2)13-20-15-32-19(4)27-20)31-24(29)10-11-26(5,6)25(30)18(3)12-16/h13,15-16,18,21-23,28H,7-12,14H2,1-6H3/b17-13+. The van der Waals surface area contributed by atoms with Gasteiger partial charge in [-0.3, -0.25) is 9.59 Å². The van der Waals surface area contributed by atoms with Crippen molar-refractivity contribution in [3.8, 4) is 0 Å². The van der Waals surface area contributed by atoms with Gasteiger partial charge in [-0.25, -0.2) is 4.98 Å². The molecule has 6 heteroatoms. The van der Waals surface area contributed by atoms with Gasteiger partial charge in [0.2, 0.25) is 0 Å². The number of nitrogens with zero attached hydrogens (tertiary/aromatic N) is 1. The smallest absolute Gasteiger partial charge is 0.306 e. The number of Topliss-reactive ketones (excluding diaryl/α,β-unsaturated/α-hetero) is 1. The van der Waals surface area contributed by atoms with Crippen LogP contribution in [0, 0.1) is 24.2 Å². The number of hydrogen-bond acceptors (Lipinski definition) is 6. The van der Waals surface area contributed by atoms with Crippen molar-refractivity contribution in [1.82, 2.24) is 10.3 Å². The molecule has 1 N–H and O–H groups in total. The zero-order valence-electron chi connectivity index (χ0n) is 20.6. The lowest BCUT2D eigenvalue weighted by Gasteiger charge is -2.28. The van der Waals surface area contributed by atoms with E-state index < -0.39 is 5.41 Å². The van der Waals surface area contributed by atoms with Crippen LogP contribution in [0.1, 0.15) is 90.3 Å². The van der Waals surface area contributed by atoms with Crippen LogP contribution in [0.15, 0.2) is 11.0 Å². The second-order valence-corrected chi connectivity index (χ2v) is 11.8. The van der Waals surface area contributed by atoms with Gasteiger partial charge in [0.25, 0.3) is 0 Å². The van der Waals surface area contributed by atoms with Crippen molar-refractivity contribution in [3.63, 3.8) is 0 Å². The quantitative estimate of drug-likeness (QED) is 0.451. The second kappa shape index (κ2) is 10.6. The fraction of sp³-hybridized carbons (Fsp3) is 0.731. The molecule has 0 saturated carbocycles. The van der Waals surface area contributed by atoms with Crippen LogP contribution in [0.3, 0.4) is 0 Å². The van der Waals surface area contributed by atoms with Crippen molar-refractivity contribution in [3.05, 3.63) is 21.7 Å². The average Bonchev–Trinajstić information content (AvgIpc) is 3.33. The van der Waals surface area contributed by atoms with Gasteiger partial charge >= 0.3 is 5.97 Å². The third kappa shape index (κ3) is 6.98. The molecule has 0 spiro atoms. The molecule has 0 radical (unpaired) electrons. The average molecular weight is 461 g/mol. The number of esters is 1. The third-order valence-electron chi connectivity index (χ3n) is 7.10. The first-order valence-electron chi connectivity index (χ1n) is 12.2. The van der Waals surface area contributed by atoms with Crippen LogP contribution in [-0.4, -0.2) is 34.9 Å². The number of ketones is 1. The Morgan fingerprint density at radius 2 is 1.97 bits per heavy atom. The fourth-order valence-corrected chi connectivity index (χ4v) is 5.57. The molecule has 2 fully saturated rings. The number of ether oxygens (including phenoxy) is 1. The number of aryl methyl sites for hydroxylation is 1. The number of fused-ring (bicyclic) bond motifs is 1. The minimum absolute atomic E-state index is 0.0234. The van der Waals surface area contributed by atoms with Crippen LogP contribution in [0.25, 0.3) is 6.08 Å². The van der Waals surface area contributed by atoms with Crippen molar-refractivity contribution in [2.24, 2.45) is 17.3 Å².